The summed E-state index contributed by atoms with van der Waals surface area (Å²) in [4.78, 5) is 22.3. The minimum absolute atomic E-state index is 0.0240. The number of carbonyl (C=O) groups is 1. The average molecular weight is 269 g/mol. The van der Waals surface area contributed by atoms with Crippen molar-refractivity contribution in [2.75, 3.05) is 13.2 Å². The van der Waals surface area contributed by atoms with E-state index in [0.29, 0.717) is 32.4 Å². The number of pyridine rings is 1. The van der Waals surface area contributed by atoms with Crippen molar-refractivity contribution in [3.8, 4) is 5.75 Å². The van der Waals surface area contributed by atoms with Gasteiger partial charge >= 0.3 is 5.97 Å². The first-order valence-corrected chi connectivity index (χ1v) is 6.30. The third-order valence-corrected chi connectivity index (χ3v) is 2.58. The van der Waals surface area contributed by atoms with Gasteiger partial charge in [0.15, 0.2) is 5.75 Å². The summed E-state index contributed by atoms with van der Waals surface area (Å²) in [5, 5.41) is 17.2. The van der Waals surface area contributed by atoms with Crippen molar-refractivity contribution >= 4 is 5.97 Å². The quantitative estimate of drug-likeness (QED) is 0.649. The van der Waals surface area contributed by atoms with Gasteiger partial charge in [-0.15, -0.1) is 0 Å². The Morgan fingerprint density at radius 1 is 1.32 bits per heavy atom. The lowest BCUT2D eigenvalue weighted by atomic mass is 10.2. The fourth-order valence-electron chi connectivity index (χ4n) is 1.61. The molecule has 0 atom stereocenters. The number of nitrogens with zero attached hydrogens (tertiary/aromatic N) is 1. The normalized spacial score (nSPS) is 10.4. The fraction of sp³-hybridized carbons (Fsp3) is 0.538. The van der Waals surface area contributed by atoms with E-state index in [4.69, 9.17) is 14.9 Å². The number of aliphatic carboxylic acids is 1. The molecule has 0 amide bonds. The number of hydrogen-bond acceptors (Lipinski definition) is 4. The molecule has 6 heteroatoms. The predicted molar refractivity (Wildman–Crippen MR) is 69.4 cm³/mol. The van der Waals surface area contributed by atoms with Gasteiger partial charge in [0.05, 0.1) is 6.61 Å². The first kappa shape index (κ1) is 15.2. The van der Waals surface area contributed by atoms with Crippen LogP contribution in [0.1, 0.15) is 25.7 Å². The van der Waals surface area contributed by atoms with E-state index in [1.807, 2.05) is 0 Å². The van der Waals surface area contributed by atoms with Crippen LogP contribution >= 0.6 is 0 Å². The van der Waals surface area contributed by atoms with Gasteiger partial charge in [-0.2, -0.15) is 0 Å². The highest BCUT2D eigenvalue weighted by Gasteiger charge is 2.04. The maximum Gasteiger partial charge on any atom is 0.303 e. The topological polar surface area (TPSA) is 88.8 Å². The van der Waals surface area contributed by atoms with E-state index in [9.17, 15) is 9.59 Å². The summed E-state index contributed by atoms with van der Waals surface area (Å²) in [5.74, 6) is -0.567. The van der Waals surface area contributed by atoms with Crippen LogP contribution < -0.4 is 10.3 Å². The van der Waals surface area contributed by atoms with Crippen LogP contribution in [-0.2, 0) is 11.3 Å². The smallest absolute Gasteiger partial charge is 0.303 e. The van der Waals surface area contributed by atoms with Gasteiger partial charge in [0.2, 0.25) is 0 Å². The highest BCUT2D eigenvalue weighted by atomic mass is 16.5. The van der Waals surface area contributed by atoms with Crippen LogP contribution in [-0.4, -0.2) is 34.0 Å². The van der Waals surface area contributed by atoms with Gasteiger partial charge in [-0.05, 0) is 25.0 Å². The number of aliphatic hydroxyl groups is 1. The summed E-state index contributed by atoms with van der Waals surface area (Å²) < 4.78 is 6.78. The number of rotatable bonds is 9. The molecule has 6 nitrogen and oxygen atoms in total. The third-order valence-electron chi connectivity index (χ3n) is 2.58. The summed E-state index contributed by atoms with van der Waals surface area (Å²) >= 11 is 0. The van der Waals surface area contributed by atoms with Crippen LogP contribution in [0.3, 0.4) is 0 Å². The molecule has 0 bridgehead atoms. The van der Waals surface area contributed by atoms with Crippen molar-refractivity contribution in [2.45, 2.75) is 32.2 Å². The van der Waals surface area contributed by atoms with Crippen LogP contribution in [0.15, 0.2) is 23.1 Å². The van der Waals surface area contributed by atoms with Crippen molar-refractivity contribution in [2.24, 2.45) is 0 Å². The van der Waals surface area contributed by atoms with Crippen molar-refractivity contribution < 1.29 is 19.7 Å². The number of carboxylic acid groups (broad SMARTS) is 1. The summed E-state index contributed by atoms with van der Waals surface area (Å²) in [6.07, 6.45) is 3.42. The monoisotopic (exact) mass is 269 g/mol. The van der Waals surface area contributed by atoms with Gasteiger partial charge in [-0.1, -0.05) is 0 Å². The molecule has 1 aromatic heterocycles. The molecule has 19 heavy (non-hydrogen) atoms. The molecular weight excluding hydrogens is 250 g/mol. The number of aryl methyl sites for hydroxylation is 1. The molecule has 0 aromatic carbocycles. The fourth-order valence-corrected chi connectivity index (χ4v) is 1.61. The minimum Gasteiger partial charge on any atom is -0.488 e. The first-order valence-electron chi connectivity index (χ1n) is 6.30. The lowest BCUT2D eigenvalue weighted by molar-refractivity contribution is -0.137. The molecule has 0 aliphatic rings. The zero-order valence-electron chi connectivity index (χ0n) is 10.7. The van der Waals surface area contributed by atoms with Crippen LogP contribution in [0.2, 0.25) is 0 Å². The lowest BCUT2D eigenvalue weighted by Crippen LogP contribution is -2.21. The Balaban J connectivity index is 2.52. The van der Waals surface area contributed by atoms with E-state index in [1.54, 1.807) is 18.3 Å². The van der Waals surface area contributed by atoms with Gasteiger partial charge in [0.25, 0.3) is 5.56 Å². The Hall–Kier alpha value is -1.82. The standard InChI is InChI=1S/C13H19NO5/c15-9-4-10-19-11-5-3-8-14(13(11)18)7-2-1-6-12(16)17/h3,5,8,15H,1-2,4,6-7,9-10H2,(H,16,17). The molecule has 1 heterocycles. The maximum atomic E-state index is 12.0. The molecule has 0 aliphatic heterocycles. The van der Waals surface area contributed by atoms with E-state index >= 15 is 0 Å². The third kappa shape index (κ3) is 5.56. The Morgan fingerprint density at radius 2 is 2.11 bits per heavy atom. The second-order valence-corrected chi connectivity index (χ2v) is 4.15. The Labute approximate surface area is 111 Å². The summed E-state index contributed by atoms with van der Waals surface area (Å²) in [7, 11) is 0. The molecule has 106 valence electrons. The number of aromatic nitrogens is 1. The van der Waals surface area contributed by atoms with Crippen molar-refractivity contribution in [3.05, 3.63) is 28.7 Å². The van der Waals surface area contributed by atoms with Crippen LogP contribution in [0.5, 0.6) is 5.75 Å². The predicted octanol–water partition coefficient (Wildman–Crippen LogP) is 0.864. The van der Waals surface area contributed by atoms with Gasteiger partial charge in [-0.3, -0.25) is 9.59 Å². The molecule has 1 rings (SSSR count). The van der Waals surface area contributed by atoms with Gasteiger partial charge < -0.3 is 19.5 Å². The number of unbranched alkanes of at least 4 members (excludes halogenated alkanes) is 1. The Morgan fingerprint density at radius 3 is 2.79 bits per heavy atom. The van der Waals surface area contributed by atoms with Crippen molar-refractivity contribution in [1.82, 2.24) is 4.57 Å². The number of carboxylic acids is 1. The number of aliphatic hydroxyl groups excluding tert-OH is 1. The highest BCUT2D eigenvalue weighted by molar-refractivity contribution is 5.66. The SMILES string of the molecule is O=C(O)CCCCn1cccc(OCCCO)c1=O. The van der Waals surface area contributed by atoms with Crippen molar-refractivity contribution in [1.29, 1.82) is 0 Å². The van der Waals surface area contributed by atoms with Crippen LogP contribution in [0.25, 0.3) is 0 Å². The summed E-state index contributed by atoms with van der Waals surface area (Å²) in [6, 6.07) is 3.31. The molecule has 0 spiro atoms. The minimum atomic E-state index is -0.826. The molecule has 0 fully saturated rings. The van der Waals surface area contributed by atoms with E-state index in [2.05, 4.69) is 0 Å². The maximum absolute atomic E-state index is 12.0. The largest absolute Gasteiger partial charge is 0.488 e. The zero-order chi connectivity index (χ0) is 14.1. The van der Waals surface area contributed by atoms with Gasteiger partial charge in [-0.25, -0.2) is 0 Å². The van der Waals surface area contributed by atoms with Crippen LogP contribution in [0, 0.1) is 0 Å². The van der Waals surface area contributed by atoms with Gasteiger partial charge in [0, 0.05) is 32.2 Å². The van der Waals surface area contributed by atoms with E-state index in [1.165, 1.54) is 4.57 Å². The second kappa shape index (κ2) is 8.31. The zero-order valence-corrected chi connectivity index (χ0v) is 10.7. The van der Waals surface area contributed by atoms with E-state index < -0.39 is 5.97 Å². The van der Waals surface area contributed by atoms with E-state index in [0.717, 1.165) is 0 Å². The molecule has 0 saturated heterocycles. The summed E-state index contributed by atoms with van der Waals surface area (Å²) in [6.45, 7) is 0.800. The van der Waals surface area contributed by atoms with E-state index in [-0.39, 0.29) is 24.3 Å². The number of hydrogen-bond donors (Lipinski definition) is 2. The molecule has 1 aromatic rings. The van der Waals surface area contributed by atoms with Gasteiger partial charge in [0.1, 0.15) is 0 Å². The molecule has 2 N–H and O–H groups in total. The first-order chi connectivity index (χ1) is 9.15. The van der Waals surface area contributed by atoms with Crippen molar-refractivity contribution in [3.63, 3.8) is 0 Å². The Bertz CT molecular complexity index is 455. The lowest BCUT2D eigenvalue weighted by Gasteiger charge is -2.08. The molecule has 0 radical (unpaired) electrons. The molecular formula is C13H19NO5. The summed E-state index contributed by atoms with van der Waals surface area (Å²) in [5.41, 5.74) is -0.226. The molecule has 0 aliphatic carbocycles. The molecule has 0 unspecified atom stereocenters. The van der Waals surface area contributed by atoms with Crippen LogP contribution in [0.4, 0.5) is 0 Å². The number of ether oxygens (including phenoxy) is 1. The second-order valence-electron chi connectivity index (χ2n) is 4.15. The highest BCUT2D eigenvalue weighted by Crippen LogP contribution is 2.04. The Kier molecular flexibility index (Phi) is 6.67. The average Bonchev–Trinajstić information content (AvgIpc) is 2.38. The molecule has 0 saturated carbocycles.